The first-order valence-corrected chi connectivity index (χ1v) is 13.8. The Hall–Kier alpha value is -1.95. The summed E-state index contributed by atoms with van der Waals surface area (Å²) in [6.07, 6.45) is 8.74. The molecule has 0 aliphatic heterocycles. The molecule has 5 N–H and O–H groups in total. The predicted octanol–water partition coefficient (Wildman–Crippen LogP) is 3.28. The molecular formula is C29H58N4O4. The molecule has 8 heteroatoms. The zero-order chi connectivity index (χ0) is 29.4. The van der Waals surface area contributed by atoms with E-state index in [2.05, 4.69) is 34.1 Å². The van der Waals surface area contributed by atoms with E-state index in [4.69, 9.17) is 6.42 Å². The first kappa shape index (κ1) is 39.6. The molecule has 2 amide bonds. The van der Waals surface area contributed by atoms with E-state index in [1.165, 1.54) is 6.42 Å². The molecule has 218 valence electrons. The summed E-state index contributed by atoms with van der Waals surface area (Å²) >= 11 is 0. The molecule has 0 aliphatic carbocycles. The van der Waals surface area contributed by atoms with Gasteiger partial charge >= 0.3 is 0 Å². The third-order valence-electron chi connectivity index (χ3n) is 6.08. The summed E-state index contributed by atoms with van der Waals surface area (Å²) in [7, 11) is 3.78. The Morgan fingerprint density at radius 1 is 1.05 bits per heavy atom. The Labute approximate surface area is 227 Å². The Morgan fingerprint density at radius 2 is 1.65 bits per heavy atom. The number of Topliss-reactive ketones (excluding diaryl/α,β-unsaturated/α-hetero) is 1. The fourth-order valence-corrected chi connectivity index (χ4v) is 3.35. The van der Waals surface area contributed by atoms with Gasteiger partial charge in [0.2, 0.25) is 11.8 Å². The van der Waals surface area contributed by atoms with E-state index < -0.39 is 11.5 Å². The van der Waals surface area contributed by atoms with Crippen LogP contribution in [0.5, 0.6) is 0 Å². The number of nitrogens with one attached hydrogen (secondary N) is 4. The number of amides is 2. The van der Waals surface area contributed by atoms with Gasteiger partial charge < -0.3 is 26.4 Å². The minimum Gasteiger partial charge on any atom is -0.392 e. The summed E-state index contributed by atoms with van der Waals surface area (Å²) in [5.74, 6) is 2.03. The van der Waals surface area contributed by atoms with Crippen LogP contribution < -0.4 is 21.3 Å². The molecule has 0 saturated heterocycles. The van der Waals surface area contributed by atoms with Gasteiger partial charge in [0.15, 0.2) is 0 Å². The largest absolute Gasteiger partial charge is 0.392 e. The number of carbonyl (C=O) groups is 3. The molecule has 0 aromatic carbocycles. The van der Waals surface area contributed by atoms with Crippen molar-refractivity contribution in [3.05, 3.63) is 0 Å². The number of rotatable bonds is 16. The maximum absolute atomic E-state index is 12.5. The molecule has 0 saturated carbocycles. The van der Waals surface area contributed by atoms with Crippen LogP contribution >= 0.6 is 0 Å². The minimum atomic E-state index is -0.577. The lowest BCUT2D eigenvalue weighted by atomic mass is 9.79. The van der Waals surface area contributed by atoms with E-state index in [0.717, 1.165) is 13.0 Å². The Balaban J connectivity index is -0.000000969. The van der Waals surface area contributed by atoms with Crippen molar-refractivity contribution in [3.8, 4) is 12.3 Å². The van der Waals surface area contributed by atoms with Gasteiger partial charge in [-0.3, -0.25) is 14.4 Å². The summed E-state index contributed by atoms with van der Waals surface area (Å²) in [5.41, 5.74) is -0.528. The van der Waals surface area contributed by atoms with Gasteiger partial charge in [-0.2, -0.15) is 0 Å². The number of aliphatic hydroxyl groups is 1. The number of aliphatic hydroxyl groups excluding tert-OH is 1. The van der Waals surface area contributed by atoms with Crippen LogP contribution in [0.25, 0.3) is 0 Å². The van der Waals surface area contributed by atoms with Crippen LogP contribution in [0.3, 0.4) is 0 Å². The second kappa shape index (κ2) is 24.4. The van der Waals surface area contributed by atoms with Gasteiger partial charge in [0.1, 0.15) is 5.78 Å². The summed E-state index contributed by atoms with van der Waals surface area (Å²) in [6, 6.07) is 0.0554. The van der Waals surface area contributed by atoms with Crippen molar-refractivity contribution >= 4 is 17.6 Å². The molecule has 0 radical (unpaired) electrons. The Bertz CT molecular complexity index is 644. The number of terminal acetylenes is 1. The second-order valence-electron chi connectivity index (χ2n) is 10.3. The lowest BCUT2D eigenvalue weighted by molar-refractivity contribution is -0.131. The SMILES string of the molecule is C#CCNC.CCC(C)(CCCC(CC(C)C(C)=O)C(=O)NC(C)C)C(=O)NCC(C)O.CCCNC. The monoisotopic (exact) mass is 526 g/mol. The summed E-state index contributed by atoms with van der Waals surface area (Å²) < 4.78 is 0. The Morgan fingerprint density at radius 3 is 1.97 bits per heavy atom. The molecule has 4 unspecified atom stereocenters. The Kier molecular flexibility index (Phi) is 26.1. The summed E-state index contributed by atoms with van der Waals surface area (Å²) in [4.78, 5) is 36.6. The van der Waals surface area contributed by atoms with E-state index in [1.54, 1.807) is 13.8 Å². The first-order valence-electron chi connectivity index (χ1n) is 13.8. The molecular weight excluding hydrogens is 468 g/mol. The average Bonchev–Trinajstić information content (AvgIpc) is 2.82. The normalized spacial score (nSPS) is 14.4. The van der Waals surface area contributed by atoms with Crippen LogP contribution in [-0.4, -0.2) is 68.6 Å². The quantitative estimate of drug-likeness (QED) is 0.197. The fourth-order valence-electron chi connectivity index (χ4n) is 3.35. The average molecular weight is 527 g/mol. The lowest BCUT2D eigenvalue weighted by Crippen LogP contribution is -2.41. The van der Waals surface area contributed by atoms with Gasteiger partial charge in [-0.05, 0) is 80.4 Å². The third kappa shape index (κ3) is 22.9. The number of hydrogen-bond acceptors (Lipinski definition) is 6. The highest BCUT2D eigenvalue weighted by Crippen LogP contribution is 2.30. The topological polar surface area (TPSA) is 120 Å². The van der Waals surface area contributed by atoms with Crippen molar-refractivity contribution in [3.63, 3.8) is 0 Å². The standard InChI is InChI=1S/C21H40N2O4.C4H11N.C4H7N/c1-8-21(7,20(27)22-13-16(5)24)11-9-10-18(12-15(4)17(6)25)19(26)23-14(2)3;2*1-3-4-5-2/h14-16,18,24H,8-13H2,1-7H3,(H,22,27)(H,23,26);5H,3-4H2,1-2H3;1,5H,4H2,2H3. The molecule has 0 heterocycles. The van der Waals surface area contributed by atoms with Crippen molar-refractivity contribution in [2.45, 2.75) is 106 Å². The van der Waals surface area contributed by atoms with Gasteiger partial charge in [-0.25, -0.2) is 0 Å². The molecule has 0 bridgehead atoms. The molecule has 0 aromatic heterocycles. The second-order valence-corrected chi connectivity index (χ2v) is 10.3. The number of ketones is 1. The number of carbonyl (C=O) groups excluding carboxylic acids is 3. The fraction of sp³-hybridized carbons (Fsp3) is 0.828. The highest BCUT2D eigenvalue weighted by molar-refractivity contribution is 5.82. The minimum absolute atomic E-state index is 0.0186. The van der Waals surface area contributed by atoms with Crippen LogP contribution in [-0.2, 0) is 14.4 Å². The zero-order valence-corrected chi connectivity index (χ0v) is 25.4. The van der Waals surface area contributed by atoms with Gasteiger partial charge in [0, 0.05) is 29.8 Å². The summed E-state index contributed by atoms with van der Waals surface area (Å²) in [5, 5.41) is 20.9. The molecule has 0 fully saturated rings. The molecule has 0 aliphatic rings. The third-order valence-corrected chi connectivity index (χ3v) is 6.08. The zero-order valence-electron chi connectivity index (χ0n) is 25.4. The predicted molar refractivity (Wildman–Crippen MR) is 155 cm³/mol. The smallest absolute Gasteiger partial charge is 0.226 e. The summed E-state index contributed by atoms with van der Waals surface area (Å²) in [6.45, 7) is 17.0. The van der Waals surface area contributed by atoms with E-state index in [1.807, 2.05) is 48.7 Å². The lowest BCUT2D eigenvalue weighted by Gasteiger charge is -2.28. The van der Waals surface area contributed by atoms with Crippen LogP contribution in [0, 0.1) is 29.6 Å². The molecule has 0 rings (SSSR count). The van der Waals surface area contributed by atoms with Crippen molar-refractivity contribution in [2.24, 2.45) is 17.3 Å². The highest BCUT2D eigenvalue weighted by atomic mass is 16.3. The van der Waals surface area contributed by atoms with Crippen LogP contribution in [0.15, 0.2) is 0 Å². The first-order chi connectivity index (χ1) is 17.3. The van der Waals surface area contributed by atoms with Crippen LogP contribution in [0.2, 0.25) is 0 Å². The van der Waals surface area contributed by atoms with Crippen molar-refractivity contribution in [1.82, 2.24) is 21.3 Å². The van der Waals surface area contributed by atoms with Crippen molar-refractivity contribution < 1.29 is 19.5 Å². The van der Waals surface area contributed by atoms with Crippen LogP contribution in [0.4, 0.5) is 0 Å². The molecule has 0 spiro atoms. The number of hydrogen-bond donors (Lipinski definition) is 5. The van der Waals surface area contributed by atoms with E-state index in [0.29, 0.717) is 32.2 Å². The van der Waals surface area contributed by atoms with Gasteiger partial charge in [0.25, 0.3) is 0 Å². The van der Waals surface area contributed by atoms with E-state index >= 15 is 0 Å². The van der Waals surface area contributed by atoms with Crippen LogP contribution in [0.1, 0.15) is 93.9 Å². The van der Waals surface area contributed by atoms with Crippen molar-refractivity contribution in [1.29, 1.82) is 0 Å². The maximum Gasteiger partial charge on any atom is 0.226 e. The molecule has 8 nitrogen and oxygen atoms in total. The van der Waals surface area contributed by atoms with Gasteiger partial charge in [-0.15, -0.1) is 6.42 Å². The van der Waals surface area contributed by atoms with Crippen molar-refractivity contribution in [2.75, 3.05) is 33.7 Å². The molecule has 0 aromatic rings. The van der Waals surface area contributed by atoms with Gasteiger partial charge in [0.05, 0.1) is 12.6 Å². The highest BCUT2D eigenvalue weighted by Gasteiger charge is 2.32. The van der Waals surface area contributed by atoms with E-state index in [9.17, 15) is 19.5 Å². The van der Waals surface area contributed by atoms with Gasteiger partial charge in [-0.1, -0.05) is 40.0 Å². The van der Waals surface area contributed by atoms with E-state index in [-0.39, 0.29) is 42.0 Å². The maximum atomic E-state index is 12.5. The molecule has 4 atom stereocenters. The molecule has 37 heavy (non-hydrogen) atoms.